The van der Waals surface area contributed by atoms with Crippen LogP contribution < -0.4 is 0 Å². The Labute approximate surface area is 222 Å². The molecule has 1 aliphatic carbocycles. The molecule has 1 saturated carbocycles. The summed E-state index contributed by atoms with van der Waals surface area (Å²) in [7, 11) is 0. The van der Waals surface area contributed by atoms with Gasteiger partial charge in [-0.2, -0.15) is 18.3 Å². The second-order valence-electron chi connectivity index (χ2n) is 11.6. The third kappa shape index (κ3) is 6.42. The first-order chi connectivity index (χ1) is 18.3. The topological polar surface area (TPSA) is 72.5 Å². The summed E-state index contributed by atoms with van der Waals surface area (Å²) in [4.78, 5) is 17.2. The van der Waals surface area contributed by atoms with Crippen LogP contribution in [0.2, 0.25) is 0 Å². The van der Waals surface area contributed by atoms with Crippen molar-refractivity contribution in [1.82, 2.24) is 20.0 Å². The Morgan fingerprint density at radius 2 is 1.76 bits per heavy atom. The standard InChI is InChI=1S/C29H39F3N4O2/c30-29(31,32)26-16-24(33-34-26)15-20-11-13-35(14-12-20)17-23-18-36(19-25(23)21-7-3-1-4-8-21)27(28(37)38)22-9-5-2-6-10-22/h1,3-4,7-8,16,20,22-23,25,27H,2,5-6,9-15,17-19H2,(H,33,34)(H,37,38)/t23-,25+,27+/m0/s1. The zero-order valence-corrected chi connectivity index (χ0v) is 21.9. The van der Waals surface area contributed by atoms with Gasteiger partial charge in [-0.15, -0.1) is 0 Å². The smallest absolute Gasteiger partial charge is 0.435 e. The van der Waals surface area contributed by atoms with Gasteiger partial charge >= 0.3 is 12.1 Å². The fraction of sp³-hybridized carbons (Fsp3) is 0.655. The monoisotopic (exact) mass is 532 g/mol. The van der Waals surface area contributed by atoms with Crippen LogP contribution in [0.3, 0.4) is 0 Å². The maximum atomic E-state index is 12.9. The van der Waals surface area contributed by atoms with E-state index >= 15 is 0 Å². The number of likely N-dealkylation sites (tertiary alicyclic amines) is 2. The van der Waals surface area contributed by atoms with Crippen molar-refractivity contribution in [2.24, 2.45) is 17.8 Å². The Kier molecular flexibility index (Phi) is 8.43. The number of benzene rings is 1. The molecule has 3 heterocycles. The summed E-state index contributed by atoms with van der Waals surface area (Å²) in [5.74, 6) is 0.525. The van der Waals surface area contributed by atoms with Crippen molar-refractivity contribution in [2.45, 2.75) is 69.5 Å². The van der Waals surface area contributed by atoms with E-state index in [1.54, 1.807) is 0 Å². The number of hydrogen-bond acceptors (Lipinski definition) is 4. The van der Waals surface area contributed by atoms with Crippen LogP contribution in [0.25, 0.3) is 0 Å². The van der Waals surface area contributed by atoms with Crippen LogP contribution in [0.15, 0.2) is 36.4 Å². The molecule has 2 N–H and O–H groups in total. The van der Waals surface area contributed by atoms with Crippen LogP contribution in [-0.4, -0.2) is 69.8 Å². The molecule has 2 aromatic rings. The average molecular weight is 533 g/mol. The maximum Gasteiger partial charge on any atom is 0.435 e. The van der Waals surface area contributed by atoms with E-state index in [1.807, 2.05) is 6.07 Å². The third-order valence-corrected chi connectivity index (χ3v) is 9.07. The minimum Gasteiger partial charge on any atom is -0.480 e. The molecular weight excluding hydrogens is 493 g/mol. The zero-order chi connectivity index (χ0) is 26.7. The molecule has 0 amide bonds. The fourth-order valence-electron chi connectivity index (χ4n) is 7.13. The predicted molar refractivity (Wildman–Crippen MR) is 139 cm³/mol. The Balaban J connectivity index is 1.22. The number of alkyl halides is 3. The van der Waals surface area contributed by atoms with E-state index in [9.17, 15) is 23.1 Å². The number of halogens is 3. The van der Waals surface area contributed by atoms with Crippen molar-refractivity contribution in [3.63, 3.8) is 0 Å². The second-order valence-corrected chi connectivity index (χ2v) is 11.6. The quantitative estimate of drug-likeness (QED) is 0.474. The summed E-state index contributed by atoms with van der Waals surface area (Å²) < 4.78 is 38.6. The van der Waals surface area contributed by atoms with Crippen molar-refractivity contribution in [3.8, 4) is 0 Å². The molecule has 1 aromatic carbocycles. The Morgan fingerprint density at radius 3 is 2.39 bits per heavy atom. The molecule has 9 heteroatoms. The minimum atomic E-state index is -4.42. The molecule has 2 saturated heterocycles. The van der Waals surface area contributed by atoms with E-state index < -0.39 is 23.9 Å². The highest BCUT2D eigenvalue weighted by Crippen LogP contribution is 2.39. The number of aromatic amines is 1. The van der Waals surface area contributed by atoms with Gasteiger partial charge in [0.2, 0.25) is 0 Å². The van der Waals surface area contributed by atoms with E-state index in [2.05, 4.69) is 44.3 Å². The summed E-state index contributed by atoms with van der Waals surface area (Å²) in [6.45, 7) is 4.31. The van der Waals surface area contributed by atoms with Gasteiger partial charge in [0.25, 0.3) is 0 Å². The SMILES string of the molecule is O=C(O)[C@@H](C1CCCCC1)N1C[C@H](CN2CCC(Cc3cc(C(F)(F)F)n[nH]3)CC2)[C@@H](c2ccccc2)C1. The van der Waals surface area contributed by atoms with Gasteiger partial charge in [-0.1, -0.05) is 49.6 Å². The van der Waals surface area contributed by atoms with Crippen LogP contribution in [0, 0.1) is 17.8 Å². The van der Waals surface area contributed by atoms with Crippen molar-refractivity contribution in [3.05, 3.63) is 53.3 Å². The number of carboxylic acids is 1. The third-order valence-electron chi connectivity index (χ3n) is 9.07. The van der Waals surface area contributed by atoms with Crippen LogP contribution in [0.1, 0.15) is 67.8 Å². The summed E-state index contributed by atoms with van der Waals surface area (Å²) in [5, 5.41) is 16.2. The lowest BCUT2D eigenvalue weighted by atomic mass is 9.83. The lowest BCUT2D eigenvalue weighted by Crippen LogP contribution is -2.46. The summed E-state index contributed by atoms with van der Waals surface area (Å²) >= 11 is 0. The van der Waals surface area contributed by atoms with Crippen LogP contribution >= 0.6 is 0 Å². The summed E-state index contributed by atoms with van der Waals surface area (Å²) in [6.07, 6.45) is 3.50. The van der Waals surface area contributed by atoms with Gasteiger partial charge in [0.15, 0.2) is 5.69 Å². The number of aromatic nitrogens is 2. The van der Waals surface area contributed by atoms with Crippen LogP contribution in [0.4, 0.5) is 13.2 Å². The maximum absolute atomic E-state index is 12.9. The molecule has 5 rings (SSSR count). The van der Waals surface area contributed by atoms with Crippen molar-refractivity contribution >= 4 is 5.97 Å². The van der Waals surface area contributed by atoms with E-state index in [0.29, 0.717) is 29.9 Å². The molecule has 38 heavy (non-hydrogen) atoms. The molecular formula is C29H39F3N4O2. The molecule has 0 bridgehead atoms. The van der Waals surface area contributed by atoms with Gasteiger partial charge < -0.3 is 10.0 Å². The molecule has 0 unspecified atom stereocenters. The van der Waals surface area contributed by atoms with E-state index in [1.165, 1.54) is 12.0 Å². The molecule has 0 spiro atoms. The molecule has 6 nitrogen and oxygen atoms in total. The van der Waals surface area contributed by atoms with Crippen molar-refractivity contribution in [1.29, 1.82) is 0 Å². The predicted octanol–water partition coefficient (Wildman–Crippen LogP) is 5.43. The molecule has 3 fully saturated rings. The van der Waals surface area contributed by atoms with Crippen LogP contribution in [-0.2, 0) is 17.4 Å². The first kappa shape index (κ1) is 27.2. The molecule has 3 aliphatic rings. The largest absolute Gasteiger partial charge is 0.480 e. The molecule has 3 atom stereocenters. The van der Waals surface area contributed by atoms with E-state index in [-0.39, 0.29) is 5.92 Å². The van der Waals surface area contributed by atoms with Gasteiger partial charge in [0.1, 0.15) is 6.04 Å². The highest BCUT2D eigenvalue weighted by Gasteiger charge is 2.43. The normalized spacial score (nSPS) is 25.6. The van der Waals surface area contributed by atoms with E-state index in [0.717, 1.165) is 77.3 Å². The van der Waals surface area contributed by atoms with Gasteiger partial charge in [-0.05, 0) is 74.6 Å². The molecule has 208 valence electrons. The Hall–Kier alpha value is -2.39. The first-order valence-corrected chi connectivity index (χ1v) is 14.1. The number of H-pyrrole nitrogens is 1. The lowest BCUT2D eigenvalue weighted by molar-refractivity contribution is -0.145. The number of nitrogens with zero attached hydrogens (tertiary/aromatic N) is 3. The van der Waals surface area contributed by atoms with Gasteiger partial charge in [-0.3, -0.25) is 14.8 Å². The number of aliphatic carboxylic acids is 1. The number of carbonyl (C=O) groups is 1. The Bertz CT molecular complexity index is 1050. The number of nitrogens with one attached hydrogen (secondary N) is 1. The zero-order valence-electron chi connectivity index (χ0n) is 21.9. The summed E-state index contributed by atoms with van der Waals surface area (Å²) in [5.41, 5.74) is 0.978. The molecule has 1 aromatic heterocycles. The number of hydrogen-bond donors (Lipinski definition) is 2. The minimum absolute atomic E-state index is 0.229. The summed E-state index contributed by atoms with van der Waals surface area (Å²) in [6, 6.07) is 11.2. The van der Waals surface area contributed by atoms with Crippen molar-refractivity contribution in [2.75, 3.05) is 32.7 Å². The number of rotatable bonds is 8. The van der Waals surface area contributed by atoms with Gasteiger partial charge in [-0.25, -0.2) is 0 Å². The van der Waals surface area contributed by atoms with Gasteiger partial charge in [0, 0.05) is 31.2 Å². The Morgan fingerprint density at radius 1 is 1.05 bits per heavy atom. The fourth-order valence-corrected chi connectivity index (χ4v) is 7.13. The lowest BCUT2D eigenvalue weighted by Gasteiger charge is -2.35. The van der Waals surface area contributed by atoms with Gasteiger partial charge in [0.05, 0.1) is 0 Å². The molecule has 2 aliphatic heterocycles. The number of carboxylic acid groups (broad SMARTS) is 1. The second kappa shape index (κ2) is 11.8. The van der Waals surface area contributed by atoms with Crippen LogP contribution in [0.5, 0.6) is 0 Å². The highest BCUT2D eigenvalue weighted by atomic mass is 19.4. The van der Waals surface area contributed by atoms with Crippen molar-refractivity contribution < 1.29 is 23.1 Å². The number of piperidine rings is 1. The highest BCUT2D eigenvalue weighted by molar-refractivity contribution is 5.74. The van der Waals surface area contributed by atoms with E-state index in [4.69, 9.17) is 0 Å². The molecule has 0 radical (unpaired) electrons. The first-order valence-electron chi connectivity index (χ1n) is 14.1. The average Bonchev–Trinajstić information content (AvgIpc) is 3.54.